The average molecular weight is 305 g/mol. The van der Waals surface area contributed by atoms with Crippen LogP contribution in [0.5, 0.6) is 0 Å². The number of carbonyl (C=O) groups is 2. The number of rotatable bonds is 3. The zero-order chi connectivity index (χ0) is 16.0. The van der Waals surface area contributed by atoms with Crippen LogP contribution in [0.25, 0.3) is 11.0 Å². The Morgan fingerprint density at radius 1 is 1.00 bits per heavy atom. The van der Waals surface area contributed by atoms with E-state index in [4.69, 9.17) is 0 Å². The highest BCUT2D eigenvalue weighted by Gasteiger charge is 2.36. The van der Waals surface area contributed by atoms with Gasteiger partial charge in [0.05, 0.1) is 34.2 Å². The molecule has 2 heterocycles. The molecule has 1 aliphatic rings. The Kier molecular flexibility index (Phi) is 3.01. The second-order valence-corrected chi connectivity index (χ2v) is 5.60. The average Bonchev–Trinajstić information content (AvgIpc) is 3.08. The predicted octanol–water partition coefficient (Wildman–Crippen LogP) is 3.25. The zero-order valence-corrected chi connectivity index (χ0v) is 12.7. The SMILES string of the molecule is CCCn1cnc2cc(N3C(=O)c4ccccc4C3=O)ccc21. The van der Waals surface area contributed by atoms with Crippen molar-refractivity contribution >= 4 is 28.5 Å². The van der Waals surface area contributed by atoms with E-state index in [-0.39, 0.29) is 11.8 Å². The van der Waals surface area contributed by atoms with E-state index < -0.39 is 0 Å². The molecule has 0 spiro atoms. The number of amides is 2. The fraction of sp³-hybridized carbons (Fsp3) is 0.167. The molecular formula is C18H15N3O2. The van der Waals surface area contributed by atoms with Crippen molar-refractivity contribution in [1.29, 1.82) is 0 Å². The molecule has 23 heavy (non-hydrogen) atoms. The third-order valence-electron chi connectivity index (χ3n) is 4.12. The van der Waals surface area contributed by atoms with Crippen LogP contribution in [0.15, 0.2) is 48.8 Å². The van der Waals surface area contributed by atoms with Crippen molar-refractivity contribution in [3.05, 3.63) is 59.9 Å². The molecule has 0 fully saturated rings. The minimum atomic E-state index is -0.280. The van der Waals surface area contributed by atoms with E-state index in [0.717, 1.165) is 24.0 Å². The van der Waals surface area contributed by atoms with E-state index in [1.807, 2.05) is 6.07 Å². The quantitative estimate of drug-likeness (QED) is 0.698. The van der Waals surface area contributed by atoms with Gasteiger partial charge in [0.25, 0.3) is 11.8 Å². The summed E-state index contributed by atoms with van der Waals surface area (Å²) in [5.41, 5.74) is 3.26. The number of imidazole rings is 1. The molecule has 0 aliphatic carbocycles. The van der Waals surface area contributed by atoms with Gasteiger partial charge in [-0.3, -0.25) is 9.59 Å². The maximum atomic E-state index is 12.5. The lowest BCUT2D eigenvalue weighted by atomic mass is 10.1. The van der Waals surface area contributed by atoms with Crippen molar-refractivity contribution in [3.63, 3.8) is 0 Å². The third kappa shape index (κ3) is 1.97. The van der Waals surface area contributed by atoms with E-state index in [2.05, 4.69) is 16.5 Å². The molecular weight excluding hydrogens is 290 g/mol. The summed E-state index contributed by atoms with van der Waals surface area (Å²) in [7, 11) is 0. The molecule has 0 atom stereocenters. The van der Waals surface area contributed by atoms with Gasteiger partial charge in [0, 0.05) is 6.54 Å². The molecule has 1 aromatic heterocycles. The second-order valence-electron chi connectivity index (χ2n) is 5.60. The van der Waals surface area contributed by atoms with Gasteiger partial charge in [0.15, 0.2) is 0 Å². The molecule has 3 aromatic rings. The van der Waals surface area contributed by atoms with Gasteiger partial charge >= 0.3 is 0 Å². The van der Waals surface area contributed by atoms with Gasteiger partial charge in [-0.1, -0.05) is 19.1 Å². The molecule has 0 unspecified atom stereocenters. The van der Waals surface area contributed by atoms with E-state index in [0.29, 0.717) is 16.8 Å². The lowest BCUT2D eigenvalue weighted by Crippen LogP contribution is -2.29. The van der Waals surface area contributed by atoms with Crippen molar-refractivity contribution in [1.82, 2.24) is 9.55 Å². The first-order valence-corrected chi connectivity index (χ1v) is 7.63. The van der Waals surface area contributed by atoms with Crippen molar-refractivity contribution < 1.29 is 9.59 Å². The van der Waals surface area contributed by atoms with E-state index in [9.17, 15) is 9.59 Å². The zero-order valence-electron chi connectivity index (χ0n) is 12.7. The second kappa shape index (κ2) is 5.05. The Morgan fingerprint density at radius 2 is 1.70 bits per heavy atom. The van der Waals surface area contributed by atoms with Gasteiger partial charge in [-0.05, 0) is 36.8 Å². The molecule has 2 amide bonds. The Morgan fingerprint density at radius 3 is 2.35 bits per heavy atom. The lowest BCUT2D eigenvalue weighted by Gasteiger charge is -2.14. The van der Waals surface area contributed by atoms with Crippen LogP contribution in [-0.2, 0) is 6.54 Å². The smallest absolute Gasteiger partial charge is 0.266 e. The maximum Gasteiger partial charge on any atom is 0.266 e. The van der Waals surface area contributed by atoms with Gasteiger partial charge < -0.3 is 4.57 Å². The summed E-state index contributed by atoms with van der Waals surface area (Å²) in [6.45, 7) is 3.00. The fourth-order valence-corrected chi connectivity index (χ4v) is 3.03. The van der Waals surface area contributed by atoms with Crippen LogP contribution in [0.2, 0.25) is 0 Å². The van der Waals surface area contributed by atoms with Gasteiger partial charge in [-0.2, -0.15) is 0 Å². The van der Waals surface area contributed by atoms with Gasteiger partial charge in [-0.25, -0.2) is 9.88 Å². The first-order valence-electron chi connectivity index (χ1n) is 7.63. The van der Waals surface area contributed by atoms with E-state index in [1.54, 1.807) is 42.7 Å². The van der Waals surface area contributed by atoms with Crippen LogP contribution in [0, 0.1) is 0 Å². The standard InChI is InChI=1S/C18H15N3O2/c1-2-9-20-11-19-15-10-12(7-8-16(15)20)21-17(22)13-5-3-4-6-14(13)18(21)23/h3-8,10-11H,2,9H2,1H3. The summed E-state index contributed by atoms with van der Waals surface area (Å²) in [6, 6.07) is 12.4. The van der Waals surface area contributed by atoms with Crippen molar-refractivity contribution in [2.45, 2.75) is 19.9 Å². The van der Waals surface area contributed by atoms with Crippen LogP contribution in [0.3, 0.4) is 0 Å². The van der Waals surface area contributed by atoms with Crippen molar-refractivity contribution in [3.8, 4) is 0 Å². The summed E-state index contributed by atoms with van der Waals surface area (Å²) in [6.07, 6.45) is 2.81. The molecule has 0 saturated heterocycles. The third-order valence-corrected chi connectivity index (χ3v) is 4.12. The molecule has 5 heteroatoms. The number of fused-ring (bicyclic) bond motifs is 2. The number of nitrogens with zero attached hydrogens (tertiary/aromatic N) is 3. The number of aromatic nitrogens is 2. The van der Waals surface area contributed by atoms with E-state index in [1.165, 1.54) is 4.90 Å². The number of benzene rings is 2. The molecule has 0 saturated carbocycles. The minimum absolute atomic E-state index is 0.280. The van der Waals surface area contributed by atoms with Gasteiger partial charge in [0.2, 0.25) is 0 Å². The van der Waals surface area contributed by atoms with Crippen LogP contribution >= 0.6 is 0 Å². The Hall–Kier alpha value is -2.95. The monoisotopic (exact) mass is 305 g/mol. The van der Waals surface area contributed by atoms with Gasteiger partial charge in [0.1, 0.15) is 0 Å². The number of imide groups is 1. The molecule has 0 bridgehead atoms. The highest BCUT2D eigenvalue weighted by molar-refractivity contribution is 6.34. The molecule has 2 aromatic carbocycles. The van der Waals surface area contributed by atoms with Crippen LogP contribution in [0.1, 0.15) is 34.1 Å². The number of hydrogen-bond acceptors (Lipinski definition) is 3. The topological polar surface area (TPSA) is 55.2 Å². The maximum absolute atomic E-state index is 12.5. The summed E-state index contributed by atoms with van der Waals surface area (Å²) >= 11 is 0. The summed E-state index contributed by atoms with van der Waals surface area (Å²) in [4.78, 5) is 30.7. The number of aryl methyl sites for hydroxylation is 1. The number of carbonyl (C=O) groups excluding carboxylic acids is 2. The fourth-order valence-electron chi connectivity index (χ4n) is 3.03. The lowest BCUT2D eigenvalue weighted by molar-refractivity contribution is 0.0926. The summed E-state index contributed by atoms with van der Waals surface area (Å²) in [5.74, 6) is -0.559. The van der Waals surface area contributed by atoms with E-state index >= 15 is 0 Å². The first-order chi connectivity index (χ1) is 11.2. The van der Waals surface area contributed by atoms with Crippen molar-refractivity contribution in [2.75, 3.05) is 4.90 Å². The number of anilines is 1. The molecule has 0 N–H and O–H groups in total. The predicted molar refractivity (Wildman–Crippen MR) is 87.6 cm³/mol. The largest absolute Gasteiger partial charge is 0.331 e. The van der Waals surface area contributed by atoms with Crippen LogP contribution in [-0.4, -0.2) is 21.4 Å². The number of hydrogen-bond donors (Lipinski definition) is 0. The molecule has 0 radical (unpaired) electrons. The molecule has 4 rings (SSSR count). The normalized spacial score (nSPS) is 13.9. The molecule has 5 nitrogen and oxygen atoms in total. The van der Waals surface area contributed by atoms with Gasteiger partial charge in [-0.15, -0.1) is 0 Å². The Balaban J connectivity index is 1.78. The molecule has 114 valence electrons. The highest BCUT2D eigenvalue weighted by Crippen LogP contribution is 2.30. The minimum Gasteiger partial charge on any atom is -0.331 e. The van der Waals surface area contributed by atoms with Crippen LogP contribution in [0.4, 0.5) is 5.69 Å². The summed E-state index contributed by atoms with van der Waals surface area (Å²) in [5, 5.41) is 0. The Bertz CT molecular complexity index is 907. The van der Waals surface area contributed by atoms with Crippen molar-refractivity contribution in [2.24, 2.45) is 0 Å². The summed E-state index contributed by atoms with van der Waals surface area (Å²) < 4.78 is 2.07. The van der Waals surface area contributed by atoms with Crippen LogP contribution < -0.4 is 4.90 Å². The highest BCUT2D eigenvalue weighted by atomic mass is 16.2. The Labute approximate surface area is 133 Å². The first kappa shape index (κ1) is 13.7. The molecule has 1 aliphatic heterocycles.